The molecule has 1 rings (SSSR count). The fourth-order valence-corrected chi connectivity index (χ4v) is 1.24. The molecule has 0 fully saturated rings. The van der Waals surface area contributed by atoms with Crippen molar-refractivity contribution in [1.82, 2.24) is 0 Å². The molecular weight excluding hydrogens is 178 g/mol. The Labute approximate surface area is 83.8 Å². The Kier molecular flexibility index (Phi) is 2.96. The highest BCUT2D eigenvalue weighted by atomic mass is 16.5. The normalized spacial score (nSPS) is 9.64. The fourth-order valence-electron chi connectivity index (χ4n) is 1.24. The second-order valence-electron chi connectivity index (χ2n) is 3.19. The Balaban J connectivity index is 3.24. The summed E-state index contributed by atoms with van der Waals surface area (Å²) in [5.41, 5.74) is 7.06. The average Bonchev–Trinajstić information content (AvgIpc) is 2.16. The van der Waals surface area contributed by atoms with Crippen molar-refractivity contribution in [1.29, 1.82) is 5.41 Å². The van der Waals surface area contributed by atoms with Gasteiger partial charge in [0.15, 0.2) is 0 Å². The summed E-state index contributed by atoms with van der Waals surface area (Å²) in [4.78, 5) is 1.90. The lowest BCUT2D eigenvalue weighted by atomic mass is 10.1. The maximum absolute atomic E-state index is 7.41. The number of amidine groups is 1. The molecular formula is C10H15N3O. The summed E-state index contributed by atoms with van der Waals surface area (Å²) in [6.07, 6.45) is 0. The van der Waals surface area contributed by atoms with E-state index in [0.29, 0.717) is 0 Å². The molecule has 3 N–H and O–H groups in total. The van der Waals surface area contributed by atoms with E-state index >= 15 is 0 Å². The van der Waals surface area contributed by atoms with E-state index < -0.39 is 0 Å². The SMILES string of the molecule is COc1ccc(C(=N)N)c(N(C)C)c1. The molecule has 0 saturated carbocycles. The molecule has 14 heavy (non-hydrogen) atoms. The summed E-state index contributed by atoms with van der Waals surface area (Å²) in [6, 6.07) is 5.44. The van der Waals surface area contributed by atoms with Gasteiger partial charge in [0.1, 0.15) is 11.6 Å². The minimum Gasteiger partial charge on any atom is -0.497 e. The van der Waals surface area contributed by atoms with Crippen LogP contribution in [-0.4, -0.2) is 27.0 Å². The number of benzene rings is 1. The highest BCUT2D eigenvalue weighted by Gasteiger charge is 2.08. The van der Waals surface area contributed by atoms with Crippen LogP contribution in [0.4, 0.5) is 5.69 Å². The maximum Gasteiger partial charge on any atom is 0.124 e. The lowest BCUT2D eigenvalue weighted by molar-refractivity contribution is 0.415. The van der Waals surface area contributed by atoms with Crippen molar-refractivity contribution in [3.8, 4) is 5.75 Å². The molecule has 0 radical (unpaired) electrons. The number of ether oxygens (including phenoxy) is 1. The summed E-state index contributed by atoms with van der Waals surface area (Å²) in [6.45, 7) is 0. The number of hydrogen-bond acceptors (Lipinski definition) is 3. The van der Waals surface area contributed by atoms with Crippen LogP contribution in [-0.2, 0) is 0 Å². The van der Waals surface area contributed by atoms with Crippen molar-refractivity contribution < 1.29 is 4.74 Å². The molecule has 0 aliphatic carbocycles. The monoisotopic (exact) mass is 193 g/mol. The van der Waals surface area contributed by atoms with Crippen LogP contribution in [0.2, 0.25) is 0 Å². The molecule has 0 unspecified atom stereocenters. The zero-order valence-corrected chi connectivity index (χ0v) is 8.66. The van der Waals surface area contributed by atoms with Gasteiger partial charge in [-0.15, -0.1) is 0 Å². The Bertz CT molecular complexity index is 347. The standard InChI is InChI=1S/C10H15N3O/c1-13(2)9-6-7(14-3)4-5-8(9)10(11)12/h4-6H,1-3H3,(H3,11,12). The van der Waals surface area contributed by atoms with E-state index in [1.165, 1.54) is 0 Å². The van der Waals surface area contributed by atoms with Crippen LogP contribution < -0.4 is 15.4 Å². The highest BCUT2D eigenvalue weighted by Crippen LogP contribution is 2.24. The van der Waals surface area contributed by atoms with E-state index in [1.54, 1.807) is 19.2 Å². The zero-order chi connectivity index (χ0) is 10.7. The van der Waals surface area contributed by atoms with Gasteiger partial charge in [-0.25, -0.2) is 0 Å². The van der Waals surface area contributed by atoms with Crippen LogP contribution in [0.1, 0.15) is 5.56 Å². The quantitative estimate of drug-likeness (QED) is 0.557. The Hall–Kier alpha value is -1.71. The van der Waals surface area contributed by atoms with Crippen molar-refractivity contribution in [2.24, 2.45) is 5.73 Å². The zero-order valence-electron chi connectivity index (χ0n) is 8.66. The van der Waals surface area contributed by atoms with Gasteiger partial charge in [-0.3, -0.25) is 5.41 Å². The molecule has 0 spiro atoms. The highest BCUT2D eigenvalue weighted by molar-refractivity contribution is 6.00. The molecule has 0 heterocycles. The van der Waals surface area contributed by atoms with Crippen molar-refractivity contribution >= 4 is 11.5 Å². The minimum atomic E-state index is 0.0661. The van der Waals surface area contributed by atoms with Gasteiger partial charge in [0, 0.05) is 25.7 Å². The average molecular weight is 193 g/mol. The number of methoxy groups -OCH3 is 1. The number of nitrogens with one attached hydrogen (secondary N) is 1. The van der Waals surface area contributed by atoms with Gasteiger partial charge in [-0.2, -0.15) is 0 Å². The number of hydrogen-bond donors (Lipinski definition) is 2. The molecule has 0 bridgehead atoms. The van der Waals surface area contributed by atoms with Gasteiger partial charge in [0.25, 0.3) is 0 Å². The summed E-state index contributed by atoms with van der Waals surface area (Å²) in [5, 5.41) is 7.41. The summed E-state index contributed by atoms with van der Waals surface area (Å²) < 4.78 is 5.10. The molecule has 0 saturated heterocycles. The lowest BCUT2D eigenvalue weighted by Crippen LogP contribution is -2.18. The third-order valence-electron chi connectivity index (χ3n) is 1.98. The molecule has 0 amide bonds. The smallest absolute Gasteiger partial charge is 0.124 e. The summed E-state index contributed by atoms with van der Waals surface area (Å²) in [5.74, 6) is 0.829. The molecule has 1 aromatic rings. The van der Waals surface area contributed by atoms with E-state index in [4.69, 9.17) is 15.9 Å². The number of nitrogen functional groups attached to an aromatic ring is 1. The Morgan fingerprint density at radius 3 is 2.50 bits per heavy atom. The van der Waals surface area contributed by atoms with Gasteiger partial charge in [0.2, 0.25) is 0 Å². The predicted molar refractivity (Wildman–Crippen MR) is 58.3 cm³/mol. The molecule has 0 atom stereocenters. The molecule has 76 valence electrons. The molecule has 0 aliphatic rings. The summed E-state index contributed by atoms with van der Waals surface area (Å²) in [7, 11) is 5.42. The third-order valence-corrected chi connectivity index (χ3v) is 1.98. The van der Waals surface area contributed by atoms with E-state index in [2.05, 4.69) is 0 Å². The van der Waals surface area contributed by atoms with Crippen molar-refractivity contribution in [2.75, 3.05) is 26.1 Å². The first-order chi connectivity index (χ1) is 6.56. The predicted octanol–water partition coefficient (Wildman–Crippen LogP) is 1.05. The first-order valence-electron chi connectivity index (χ1n) is 4.26. The topological polar surface area (TPSA) is 62.3 Å². The Morgan fingerprint density at radius 1 is 1.43 bits per heavy atom. The van der Waals surface area contributed by atoms with Gasteiger partial charge in [-0.05, 0) is 12.1 Å². The lowest BCUT2D eigenvalue weighted by Gasteiger charge is -2.17. The molecule has 0 aromatic heterocycles. The third kappa shape index (κ3) is 1.96. The van der Waals surface area contributed by atoms with Crippen LogP contribution >= 0.6 is 0 Å². The maximum atomic E-state index is 7.41. The largest absolute Gasteiger partial charge is 0.497 e. The number of nitrogens with two attached hydrogens (primary N) is 1. The number of rotatable bonds is 3. The first kappa shape index (κ1) is 10.4. The molecule has 4 nitrogen and oxygen atoms in total. The minimum absolute atomic E-state index is 0.0661. The van der Waals surface area contributed by atoms with Crippen LogP contribution in [0.25, 0.3) is 0 Å². The van der Waals surface area contributed by atoms with E-state index in [0.717, 1.165) is 17.0 Å². The van der Waals surface area contributed by atoms with E-state index in [-0.39, 0.29) is 5.84 Å². The molecule has 4 heteroatoms. The van der Waals surface area contributed by atoms with E-state index in [9.17, 15) is 0 Å². The van der Waals surface area contributed by atoms with Gasteiger partial charge in [0.05, 0.1) is 12.8 Å². The van der Waals surface area contributed by atoms with Crippen LogP contribution in [0.3, 0.4) is 0 Å². The van der Waals surface area contributed by atoms with Gasteiger partial charge in [-0.1, -0.05) is 0 Å². The van der Waals surface area contributed by atoms with Crippen LogP contribution in [0.15, 0.2) is 18.2 Å². The Morgan fingerprint density at radius 2 is 2.07 bits per heavy atom. The van der Waals surface area contributed by atoms with Crippen molar-refractivity contribution in [3.63, 3.8) is 0 Å². The number of anilines is 1. The van der Waals surface area contributed by atoms with Crippen molar-refractivity contribution in [2.45, 2.75) is 0 Å². The molecule has 0 aliphatic heterocycles. The second-order valence-corrected chi connectivity index (χ2v) is 3.19. The summed E-state index contributed by atoms with van der Waals surface area (Å²) >= 11 is 0. The van der Waals surface area contributed by atoms with Gasteiger partial charge < -0.3 is 15.4 Å². The van der Waals surface area contributed by atoms with Gasteiger partial charge >= 0.3 is 0 Å². The van der Waals surface area contributed by atoms with Crippen LogP contribution in [0.5, 0.6) is 5.75 Å². The molecule has 1 aromatic carbocycles. The second kappa shape index (κ2) is 4.00. The van der Waals surface area contributed by atoms with Crippen molar-refractivity contribution in [3.05, 3.63) is 23.8 Å². The number of nitrogens with zero attached hydrogens (tertiary/aromatic N) is 1. The fraction of sp³-hybridized carbons (Fsp3) is 0.300. The van der Waals surface area contributed by atoms with Crippen LogP contribution in [0, 0.1) is 5.41 Å². The van der Waals surface area contributed by atoms with E-state index in [1.807, 2.05) is 25.1 Å². The first-order valence-corrected chi connectivity index (χ1v) is 4.26.